The lowest BCUT2D eigenvalue weighted by Gasteiger charge is -2.22. The van der Waals surface area contributed by atoms with Crippen LogP contribution in [0.3, 0.4) is 0 Å². The highest BCUT2D eigenvalue weighted by atomic mass is 79.9. The normalized spacial score (nSPS) is 20.9. The topological polar surface area (TPSA) is 46.2 Å². The summed E-state index contributed by atoms with van der Waals surface area (Å²) in [5.74, 6) is 1.28. The first-order chi connectivity index (χ1) is 8.49. The molecule has 1 aliphatic heterocycles. The summed E-state index contributed by atoms with van der Waals surface area (Å²) in [5.41, 5.74) is 0. The van der Waals surface area contributed by atoms with Crippen LogP contribution in [0.15, 0.2) is 27.6 Å². The maximum absolute atomic E-state index is 13.3. The van der Waals surface area contributed by atoms with Crippen molar-refractivity contribution in [2.24, 2.45) is 0 Å². The molecule has 1 atom stereocenters. The predicted octanol–water partition coefficient (Wildman–Crippen LogP) is 2.76. The van der Waals surface area contributed by atoms with Crippen molar-refractivity contribution in [1.82, 2.24) is 4.72 Å². The summed E-state index contributed by atoms with van der Waals surface area (Å²) in [4.78, 5) is -0.0289. The molecule has 100 valence electrons. The highest BCUT2D eigenvalue weighted by Gasteiger charge is 2.22. The Kier molecular flexibility index (Phi) is 4.69. The number of nitrogens with one attached hydrogen (secondary N) is 1. The average Bonchev–Trinajstić information content (AvgIpc) is 2.33. The van der Waals surface area contributed by atoms with Gasteiger partial charge in [0.05, 0.1) is 9.37 Å². The fourth-order valence-corrected chi connectivity index (χ4v) is 4.47. The summed E-state index contributed by atoms with van der Waals surface area (Å²) in [5, 5.41) is 0. The lowest BCUT2D eigenvalue weighted by Crippen LogP contribution is -2.38. The fraction of sp³-hybridized carbons (Fsp3) is 0.455. The van der Waals surface area contributed by atoms with Crippen LogP contribution in [0.25, 0.3) is 0 Å². The minimum atomic E-state index is -3.62. The summed E-state index contributed by atoms with van der Waals surface area (Å²) < 4.78 is 40.4. The fourth-order valence-electron chi connectivity index (χ4n) is 1.77. The summed E-state index contributed by atoms with van der Waals surface area (Å²) in [6.45, 7) is 0. The van der Waals surface area contributed by atoms with Crippen molar-refractivity contribution < 1.29 is 12.8 Å². The molecule has 0 aromatic heterocycles. The molecule has 1 heterocycles. The molecule has 0 spiro atoms. The molecule has 1 aromatic carbocycles. The van der Waals surface area contributed by atoms with Gasteiger partial charge in [-0.05, 0) is 52.7 Å². The van der Waals surface area contributed by atoms with Crippen molar-refractivity contribution in [3.05, 3.63) is 28.5 Å². The van der Waals surface area contributed by atoms with E-state index in [-0.39, 0.29) is 15.4 Å². The first-order valence-electron chi connectivity index (χ1n) is 5.54. The zero-order chi connectivity index (χ0) is 13.2. The maximum Gasteiger partial charge on any atom is 0.240 e. The van der Waals surface area contributed by atoms with Gasteiger partial charge in [0.1, 0.15) is 5.82 Å². The van der Waals surface area contributed by atoms with Crippen molar-refractivity contribution in [2.45, 2.75) is 23.8 Å². The van der Waals surface area contributed by atoms with Crippen LogP contribution in [-0.4, -0.2) is 26.0 Å². The van der Waals surface area contributed by atoms with Crippen molar-refractivity contribution >= 4 is 37.7 Å². The first-order valence-corrected chi connectivity index (χ1v) is 8.97. The van der Waals surface area contributed by atoms with Gasteiger partial charge in [0.15, 0.2) is 0 Å². The number of benzene rings is 1. The second kappa shape index (κ2) is 5.90. The Morgan fingerprint density at radius 2 is 2.22 bits per heavy atom. The molecule has 1 saturated heterocycles. The summed E-state index contributed by atoms with van der Waals surface area (Å²) >= 11 is 4.74. The minimum absolute atomic E-state index is 0.0289. The van der Waals surface area contributed by atoms with E-state index < -0.39 is 15.8 Å². The van der Waals surface area contributed by atoms with E-state index in [9.17, 15) is 12.8 Å². The molecule has 0 amide bonds. The third-order valence-electron chi connectivity index (χ3n) is 2.68. The van der Waals surface area contributed by atoms with Gasteiger partial charge in [-0.15, -0.1) is 0 Å². The molecule has 2 rings (SSSR count). The number of hydrogen-bond acceptors (Lipinski definition) is 3. The highest BCUT2D eigenvalue weighted by Crippen LogP contribution is 2.22. The summed E-state index contributed by atoms with van der Waals surface area (Å²) in [6.07, 6.45) is 1.85. The van der Waals surface area contributed by atoms with Crippen LogP contribution in [0.1, 0.15) is 12.8 Å². The van der Waals surface area contributed by atoms with E-state index in [4.69, 9.17) is 0 Å². The molecule has 7 heteroatoms. The van der Waals surface area contributed by atoms with Crippen LogP contribution >= 0.6 is 27.7 Å². The zero-order valence-electron chi connectivity index (χ0n) is 9.53. The van der Waals surface area contributed by atoms with Gasteiger partial charge >= 0.3 is 0 Å². The standard InChI is InChI=1S/C11H13BrFNO2S2/c12-10-4-3-9(6-11(10)13)18(15,16)14-8-2-1-5-17-7-8/h3-4,6,8,14H,1-2,5,7H2. The Labute approximate surface area is 119 Å². The van der Waals surface area contributed by atoms with Crippen LogP contribution in [0.2, 0.25) is 0 Å². The van der Waals surface area contributed by atoms with Crippen molar-refractivity contribution in [1.29, 1.82) is 0 Å². The van der Waals surface area contributed by atoms with Gasteiger partial charge in [0.25, 0.3) is 0 Å². The Balaban J connectivity index is 2.16. The zero-order valence-corrected chi connectivity index (χ0v) is 12.7. The molecule has 3 nitrogen and oxygen atoms in total. The van der Waals surface area contributed by atoms with Gasteiger partial charge in [-0.25, -0.2) is 17.5 Å². The summed E-state index contributed by atoms with van der Waals surface area (Å²) in [7, 11) is -3.62. The van der Waals surface area contributed by atoms with Gasteiger partial charge in [-0.3, -0.25) is 0 Å². The van der Waals surface area contributed by atoms with E-state index in [1.54, 1.807) is 11.8 Å². The molecular formula is C11H13BrFNO2S2. The molecule has 1 N–H and O–H groups in total. The van der Waals surface area contributed by atoms with Crippen LogP contribution in [0.5, 0.6) is 0 Å². The van der Waals surface area contributed by atoms with Crippen molar-refractivity contribution in [3.8, 4) is 0 Å². The molecule has 0 bridgehead atoms. The Hall–Kier alpha value is -0.110. The van der Waals surface area contributed by atoms with Crippen LogP contribution in [0, 0.1) is 5.82 Å². The molecule has 0 saturated carbocycles. The molecule has 1 unspecified atom stereocenters. The van der Waals surface area contributed by atoms with E-state index in [0.717, 1.165) is 30.4 Å². The van der Waals surface area contributed by atoms with Gasteiger partial charge in [0, 0.05) is 11.8 Å². The quantitative estimate of drug-likeness (QED) is 0.908. The molecule has 1 aliphatic rings. The summed E-state index contributed by atoms with van der Waals surface area (Å²) in [6, 6.07) is 3.77. The Bertz CT molecular complexity index is 530. The number of rotatable bonds is 3. The van der Waals surface area contributed by atoms with Crippen LogP contribution in [-0.2, 0) is 10.0 Å². The number of hydrogen-bond donors (Lipinski definition) is 1. The van der Waals surface area contributed by atoms with Gasteiger partial charge in [-0.1, -0.05) is 0 Å². The van der Waals surface area contributed by atoms with Gasteiger partial charge < -0.3 is 0 Å². The van der Waals surface area contributed by atoms with E-state index in [2.05, 4.69) is 20.7 Å². The van der Waals surface area contributed by atoms with Gasteiger partial charge in [0.2, 0.25) is 10.0 Å². The predicted molar refractivity (Wildman–Crippen MR) is 74.8 cm³/mol. The SMILES string of the molecule is O=S(=O)(NC1CCCSC1)c1ccc(Br)c(F)c1. The molecule has 0 aliphatic carbocycles. The lowest BCUT2D eigenvalue weighted by atomic mass is 10.2. The monoisotopic (exact) mass is 353 g/mol. The third-order valence-corrected chi connectivity index (χ3v) is 6.06. The number of halogens is 2. The molecule has 18 heavy (non-hydrogen) atoms. The lowest BCUT2D eigenvalue weighted by molar-refractivity contribution is 0.541. The Morgan fingerprint density at radius 1 is 1.44 bits per heavy atom. The second-order valence-corrected chi connectivity index (χ2v) is 7.83. The average molecular weight is 354 g/mol. The third kappa shape index (κ3) is 3.46. The molecule has 1 aromatic rings. The van der Waals surface area contributed by atoms with Crippen molar-refractivity contribution in [3.63, 3.8) is 0 Å². The first kappa shape index (κ1) is 14.3. The number of thioether (sulfide) groups is 1. The van der Waals surface area contributed by atoms with Crippen LogP contribution in [0.4, 0.5) is 4.39 Å². The van der Waals surface area contributed by atoms with E-state index in [1.165, 1.54) is 12.1 Å². The molecule has 0 radical (unpaired) electrons. The molecule has 1 fully saturated rings. The minimum Gasteiger partial charge on any atom is -0.207 e. The van der Waals surface area contributed by atoms with Crippen LogP contribution < -0.4 is 4.72 Å². The maximum atomic E-state index is 13.3. The highest BCUT2D eigenvalue weighted by molar-refractivity contribution is 9.10. The number of sulfonamides is 1. The largest absolute Gasteiger partial charge is 0.240 e. The van der Waals surface area contributed by atoms with E-state index in [1.807, 2.05) is 0 Å². The second-order valence-electron chi connectivity index (χ2n) is 4.11. The van der Waals surface area contributed by atoms with E-state index >= 15 is 0 Å². The smallest absolute Gasteiger partial charge is 0.207 e. The molecular weight excluding hydrogens is 341 g/mol. The van der Waals surface area contributed by atoms with E-state index in [0.29, 0.717) is 0 Å². The van der Waals surface area contributed by atoms with Crippen molar-refractivity contribution in [2.75, 3.05) is 11.5 Å². The van der Waals surface area contributed by atoms with Gasteiger partial charge in [-0.2, -0.15) is 11.8 Å². The Morgan fingerprint density at radius 3 is 2.83 bits per heavy atom.